The summed E-state index contributed by atoms with van der Waals surface area (Å²) in [5.74, 6) is -0.307. The van der Waals surface area contributed by atoms with Gasteiger partial charge in [0.2, 0.25) is 0 Å². The van der Waals surface area contributed by atoms with E-state index in [9.17, 15) is 9.59 Å². The molecule has 0 unspecified atom stereocenters. The Hall–Kier alpha value is -0.635. The number of ketones is 1. The first-order valence-electron chi connectivity index (χ1n) is 5.36. The second kappa shape index (κ2) is 3.44. The molecule has 1 saturated heterocycles. The largest absolute Gasteiger partial charge is 0.426 e. The molecule has 0 N–H and O–H groups in total. The molecule has 0 spiro atoms. The molecular formula is C11H19BO3. The van der Waals surface area contributed by atoms with Crippen LogP contribution in [0.5, 0.6) is 0 Å². The molecule has 0 aromatic heterocycles. The number of hydrogen-bond donors (Lipinski definition) is 0. The Kier molecular flexibility index (Phi) is 2.85. The first-order chi connectivity index (χ1) is 6.62. The molecule has 0 amide bonds. The lowest BCUT2D eigenvalue weighted by atomic mass is 9.44. The normalized spacial score (nSPS) is 24.1. The fourth-order valence-electron chi connectivity index (χ4n) is 1.88. The molecule has 1 rings (SSSR count). The van der Waals surface area contributed by atoms with Crippen molar-refractivity contribution in [2.24, 2.45) is 5.41 Å². The maximum absolute atomic E-state index is 11.8. The van der Waals surface area contributed by atoms with E-state index in [1.165, 1.54) is 0 Å². The summed E-state index contributed by atoms with van der Waals surface area (Å²) in [6, 6.07) is 0. The molecule has 0 saturated carbocycles. The Morgan fingerprint density at radius 3 is 1.87 bits per heavy atom. The molecule has 1 aliphatic heterocycles. The van der Waals surface area contributed by atoms with Gasteiger partial charge in [-0.25, -0.2) is 0 Å². The highest BCUT2D eigenvalue weighted by molar-refractivity contribution is 7.02. The van der Waals surface area contributed by atoms with Crippen LogP contribution in [0.25, 0.3) is 0 Å². The molecule has 3 nitrogen and oxygen atoms in total. The predicted octanol–water partition coefficient (Wildman–Crippen LogP) is 1.90. The number of carbonyl (C=O) groups is 2. The number of carbonyl (C=O) groups excluding carboxylic acids is 2. The van der Waals surface area contributed by atoms with E-state index in [-0.39, 0.29) is 17.6 Å². The minimum absolute atomic E-state index is 0.0417. The molecule has 0 atom stereocenters. The van der Waals surface area contributed by atoms with Crippen LogP contribution in [-0.4, -0.2) is 24.5 Å². The third-order valence-electron chi connectivity index (χ3n) is 3.70. The summed E-state index contributed by atoms with van der Waals surface area (Å²) in [5.41, 5.74) is -1.01. The van der Waals surface area contributed by atoms with Crippen molar-refractivity contribution in [3.05, 3.63) is 0 Å². The molecule has 0 aromatic carbocycles. The second-order valence-electron chi connectivity index (χ2n) is 5.60. The van der Waals surface area contributed by atoms with Crippen LogP contribution >= 0.6 is 0 Å². The zero-order valence-corrected chi connectivity index (χ0v) is 10.4. The third-order valence-corrected chi connectivity index (χ3v) is 3.70. The summed E-state index contributed by atoms with van der Waals surface area (Å²) < 4.78 is 5.57. The van der Waals surface area contributed by atoms with E-state index in [0.29, 0.717) is 0 Å². The van der Waals surface area contributed by atoms with Gasteiger partial charge in [-0.15, -0.1) is 0 Å². The number of Topliss-reactive ketones (excluding diaryl/α,β-unsaturated/α-hetero) is 1. The lowest BCUT2D eigenvalue weighted by Gasteiger charge is -2.34. The van der Waals surface area contributed by atoms with Gasteiger partial charge in [0.15, 0.2) is 11.5 Å². The van der Waals surface area contributed by atoms with Crippen molar-refractivity contribution in [2.45, 2.75) is 53.0 Å². The Bertz CT molecular complexity index is 305. The van der Waals surface area contributed by atoms with Gasteiger partial charge in [0, 0.05) is 11.5 Å². The fourth-order valence-corrected chi connectivity index (χ4v) is 1.88. The van der Waals surface area contributed by atoms with Crippen molar-refractivity contribution in [2.75, 3.05) is 0 Å². The van der Waals surface area contributed by atoms with Gasteiger partial charge >= 0.3 is 6.92 Å². The summed E-state index contributed by atoms with van der Waals surface area (Å²) in [5, 5.41) is -0.439. The first kappa shape index (κ1) is 12.4. The van der Waals surface area contributed by atoms with Crippen LogP contribution in [0.3, 0.4) is 0 Å². The molecule has 1 fully saturated rings. The van der Waals surface area contributed by atoms with Crippen molar-refractivity contribution in [1.82, 2.24) is 0 Å². The monoisotopic (exact) mass is 210 g/mol. The average molecular weight is 210 g/mol. The van der Waals surface area contributed by atoms with Gasteiger partial charge in [0.05, 0.1) is 0 Å². The molecule has 0 radical (unpaired) electrons. The highest BCUT2D eigenvalue weighted by Crippen LogP contribution is 2.53. The SMILES string of the molecule is CC(C)OB1C(=O)C(=O)C(C)(C)C1(C)C. The standard InChI is InChI=1S/C11H19BO3/c1-7(2)15-12-9(14)8(13)10(3,4)11(12,5)6/h7H,1-6H3. The van der Waals surface area contributed by atoms with Crippen molar-refractivity contribution >= 4 is 18.4 Å². The van der Waals surface area contributed by atoms with Gasteiger partial charge in [-0.3, -0.25) is 9.59 Å². The lowest BCUT2D eigenvalue weighted by molar-refractivity contribution is -0.137. The summed E-state index contributed by atoms with van der Waals surface area (Å²) in [6.07, 6.45) is -0.0417. The molecule has 0 aliphatic carbocycles. The predicted molar refractivity (Wildman–Crippen MR) is 59.8 cm³/mol. The molecular weight excluding hydrogens is 191 g/mol. The third kappa shape index (κ3) is 1.65. The Balaban J connectivity index is 3.10. The zero-order valence-electron chi connectivity index (χ0n) is 10.4. The van der Waals surface area contributed by atoms with Crippen molar-refractivity contribution in [3.63, 3.8) is 0 Å². The van der Waals surface area contributed by atoms with E-state index in [2.05, 4.69) is 0 Å². The summed E-state index contributed by atoms with van der Waals surface area (Å²) >= 11 is 0. The van der Waals surface area contributed by atoms with Gasteiger partial charge < -0.3 is 4.65 Å². The maximum Gasteiger partial charge on any atom is 0.386 e. The van der Waals surface area contributed by atoms with E-state index in [4.69, 9.17) is 4.65 Å². The van der Waals surface area contributed by atoms with Crippen molar-refractivity contribution < 1.29 is 14.2 Å². The molecule has 84 valence electrons. The highest BCUT2D eigenvalue weighted by Gasteiger charge is 2.64. The van der Waals surface area contributed by atoms with Gasteiger partial charge in [0.1, 0.15) is 0 Å². The lowest BCUT2D eigenvalue weighted by Crippen LogP contribution is -2.38. The first-order valence-corrected chi connectivity index (χ1v) is 5.36. The number of hydrogen-bond acceptors (Lipinski definition) is 3. The van der Waals surface area contributed by atoms with Crippen LogP contribution in [0.15, 0.2) is 0 Å². The topological polar surface area (TPSA) is 43.4 Å². The molecule has 1 aliphatic rings. The average Bonchev–Trinajstić information content (AvgIpc) is 2.18. The summed E-state index contributed by atoms with van der Waals surface area (Å²) in [7, 11) is 0. The van der Waals surface area contributed by atoms with E-state index < -0.39 is 17.6 Å². The molecule has 4 heteroatoms. The molecule has 15 heavy (non-hydrogen) atoms. The molecule has 0 aromatic rings. The Morgan fingerprint density at radius 1 is 1.13 bits per heavy atom. The van der Waals surface area contributed by atoms with Crippen molar-refractivity contribution in [3.8, 4) is 0 Å². The van der Waals surface area contributed by atoms with Gasteiger partial charge in [0.25, 0.3) is 0 Å². The van der Waals surface area contributed by atoms with Gasteiger partial charge in [-0.2, -0.15) is 0 Å². The van der Waals surface area contributed by atoms with Crippen LogP contribution < -0.4 is 0 Å². The van der Waals surface area contributed by atoms with Crippen LogP contribution in [0.2, 0.25) is 5.31 Å². The van der Waals surface area contributed by atoms with E-state index in [0.717, 1.165) is 0 Å². The van der Waals surface area contributed by atoms with Crippen LogP contribution in [0, 0.1) is 5.41 Å². The van der Waals surface area contributed by atoms with Gasteiger partial charge in [-0.05, 0) is 19.2 Å². The minimum Gasteiger partial charge on any atom is -0.426 e. The quantitative estimate of drug-likeness (QED) is 0.516. The highest BCUT2D eigenvalue weighted by atomic mass is 16.5. The summed E-state index contributed by atoms with van der Waals surface area (Å²) in [6.45, 7) is 10.6. The molecule has 1 heterocycles. The van der Waals surface area contributed by atoms with E-state index in [1.54, 1.807) is 0 Å². The van der Waals surface area contributed by atoms with Crippen LogP contribution in [0.1, 0.15) is 41.5 Å². The van der Waals surface area contributed by atoms with Crippen LogP contribution in [0.4, 0.5) is 0 Å². The Morgan fingerprint density at radius 2 is 1.60 bits per heavy atom. The van der Waals surface area contributed by atoms with E-state index in [1.807, 2.05) is 41.5 Å². The maximum atomic E-state index is 11.8. The summed E-state index contributed by atoms with van der Waals surface area (Å²) in [4.78, 5) is 23.6. The molecule has 0 bridgehead atoms. The van der Waals surface area contributed by atoms with Crippen LogP contribution in [-0.2, 0) is 14.2 Å². The minimum atomic E-state index is -0.635. The van der Waals surface area contributed by atoms with Gasteiger partial charge in [-0.1, -0.05) is 27.7 Å². The smallest absolute Gasteiger partial charge is 0.386 e. The van der Waals surface area contributed by atoms with Crippen molar-refractivity contribution in [1.29, 1.82) is 0 Å². The van der Waals surface area contributed by atoms with E-state index >= 15 is 0 Å². The zero-order chi connectivity index (χ0) is 12.0. The number of rotatable bonds is 2. The Labute approximate surface area is 91.7 Å². The second-order valence-corrected chi connectivity index (χ2v) is 5.60. The fraction of sp³-hybridized carbons (Fsp3) is 0.818.